The first-order chi connectivity index (χ1) is 9.22. The molecule has 0 radical (unpaired) electrons. The van der Waals surface area contributed by atoms with E-state index in [-0.39, 0.29) is 12.0 Å². The van der Waals surface area contributed by atoms with Crippen LogP contribution in [0.25, 0.3) is 0 Å². The molecule has 2 aromatic rings. The Morgan fingerprint density at radius 1 is 1.37 bits per heavy atom. The third-order valence-electron chi connectivity index (χ3n) is 3.82. The predicted molar refractivity (Wildman–Crippen MR) is 72.9 cm³/mol. The number of benzene rings is 1. The Hall–Kier alpha value is -1.68. The van der Waals surface area contributed by atoms with Gasteiger partial charge in [-0.3, -0.25) is 0 Å². The first-order valence-electron chi connectivity index (χ1n) is 6.86. The summed E-state index contributed by atoms with van der Waals surface area (Å²) in [6, 6.07) is 8.55. The Balaban J connectivity index is 1.74. The molecule has 1 heterocycles. The van der Waals surface area contributed by atoms with Gasteiger partial charge in [-0.15, -0.1) is 0 Å². The molecule has 19 heavy (non-hydrogen) atoms. The lowest BCUT2D eigenvalue weighted by Gasteiger charge is -2.08. The zero-order chi connectivity index (χ0) is 13.2. The highest BCUT2D eigenvalue weighted by Crippen LogP contribution is 2.32. The number of aryl methyl sites for hydroxylation is 1. The SMILES string of the molecule is Cc1cccc(Cc2noc(C3CCCC3N)n2)c1. The van der Waals surface area contributed by atoms with Crippen LogP contribution in [0.4, 0.5) is 0 Å². The van der Waals surface area contributed by atoms with Gasteiger partial charge in [0.05, 0.1) is 5.92 Å². The van der Waals surface area contributed by atoms with Gasteiger partial charge in [0.1, 0.15) is 0 Å². The molecule has 1 aromatic carbocycles. The Bertz CT molecular complexity index is 564. The van der Waals surface area contributed by atoms with E-state index in [2.05, 4.69) is 41.3 Å². The molecular weight excluding hydrogens is 238 g/mol. The monoisotopic (exact) mass is 257 g/mol. The van der Waals surface area contributed by atoms with E-state index in [9.17, 15) is 0 Å². The summed E-state index contributed by atoms with van der Waals surface area (Å²) in [4.78, 5) is 4.51. The smallest absolute Gasteiger partial charge is 0.231 e. The standard InChI is InChI=1S/C15H19N3O/c1-10-4-2-5-11(8-10)9-14-17-15(19-18-14)12-6-3-7-13(12)16/h2,4-5,8,12-13H,3,6-7,9,16H2,1H3. The Kier molecular flexibility index (Phi) is 3.34. The Morgan fingerprint density at radius 3 is 3.00 bits per heavy atom. The number of nitrogens with zero attached hydrogens (tertiary/aromatic N) is 2. The summed E-state index contributed by atoms with van der Waals surface area (Å²) in [5, 5.41) is 4.08. The molecule has 0 aliphatic heterocycles. The van der Waals surface area contributed by atoms with E-state index in [1.807, 2.05) is 0 Å². The van der Waals surface area contributed by atoms with Crippen molar-refractivity contribution in [3.05, 3.63) is 47.1 Å². The van der Waals surface area contributed by atoms with Crippen molar-refractivity contribution in [1.29, 1.82) is 0 Å². The minimum absolute atomic E-state index is 0.173. The number of hydrogen-bond donors (Lipinski definition) is 1. The first kappa shape index (κ1) is 12.4. The molecule has 3 rings (SSSR count). The average molecular weight is 257 g/mol. The van der Waals surface area contributed by atoms with E-state index >= 15 is 0 Å². The van der Waals surface area contributed by atoms with Gasteiger partial charge in [-0.1, -0.05) is 41.4 Å². The summed E-state index contributed by atoms with van der Waals surface area (Å²) in [5.74, 6) is 1.71. The fraction of sp³-hybridized carbons (Fsp3) is 0.467. The van der Waals surface area contributed by atoms with Crippen molar-refractivity contribution in [3.63, 3.8) is 0 Å². The molecule has 4 nitrogen and oxygen atoms in total. The van der Waals surface area contributed by atoms with Crippen LogP contribution in [0.15, 0.2) is 28.8 Å². The third kappa shape index (κ3) is 2.68. The van der Waals surface area contributed by atoms with Gasteiger partial charge in [-0.2, -0.15) is 4.98 Å². The van der Waals surface area contributed by atoms with Gasteiger partial charge in [-0.05, 0) is 25.3 Å². The molecule has 2 N–H and O–H groups in total. The van der Waals surface area contributed by atoms with Crippen molar-refractivity contribution < 1.29 is 4.52 Å². The molecule has 0 spiro atoms. The largest absolute Gasteiger partial charge is 0.339 e. The van der Waals surface area contributed by atoms with E-state index in [1.165, 1.54) is 11.1 Å². The van der Waals surface area contributed by atoms with Crippen molar-refractivity contribution in [2.45, 2.75) is 44.6 Å². The molecule has 1 aliphatic rings. The lowest BCUT2D eigenvalue weighted by Crippen LogP contribution is -2.22. The second kappa shape index (κ2) is 5.13. The average Bonchev–Trinajstić information content (AvgIpc) is 2.98. The molecule has 1 saturated carbocycles. The fourth-order valence-electron chi connectivity index (χ4n) is 2.79. The van der Waals surface area contributed by atoms with Crippen LogP contribution in [-0.2, 0) is 6.42 Å². The lowest BCUT2D eigenvalue weighted by atomic mass is 10.0. The van der Waals surface area contributed by atoms with Gasteiger partial charge in [0.25, 0.3) is 0 Å². The maximum absolute atomic E-state index is 6.06. The highest BCUT2D eigenvalue weighted by atomic mass is 16.5. The van der Waals surface area contributed by atoms with Crippen molar-refractivity contribution in [3.8, 4) is 0 Å². The fourth-order valence-corrected chi connectivity index (χ4v) is 2.79. The minimum atomic E-state index is 0.173. The molecule has 0 saturated heterocycles. The Morgan fingerprint density at radius 2 is 2.26 bits per heavy atom. The van der Waals surface area contributed by atoms with E-state index < -0.39 is 0 Å². The maximum atomic E-state index is 6.06. The highest BCUT2D eigenvalue weighted by molar-refractivity contribution is 5.24. The number of nitrogens with two attached hydrogens (primary N) is 1. The molecule has 0 bridgehead atoms. The van der Waals surface area contributed by atoms with Crippen LogP contribution in [0.1, 0.15) is 48.0 Å². The molecule has 1 aromatic heterocycles. The second-order valence-electron chi connectivity index (χ2n) is 5.42. The Labute approximate surface area is 113 Å². The lowest BCUT2D eigenvalue weighted by molar-refractivity contribution is 0.342. The van der Waals surface area contributed by atoms with Crippen LogP contribution in [0.3, 0.4) is 0 Å². The van der Waals surface area contributed by atoms with Crippen LogP contribution in [-0.4, -0.2) is 16.2 Å². The van der Waals surface area contributed by atoms with E-state index in [1.54, 1.807) is 0 Å². The summed E-state index contributed by atoms with van der Waals surface area (Å²) in [6.07, 6.45) is 3.99. The zero-order valence-electron chi connectivity index (χ0n) is 11.2. The van der Waals surface area contributed by atoms with E-state index in [0.717, 1.165) is 25.1 Å². The van der Waals surface area contributed by atoms with Crippen LogP contribution >= 0.6 is 0 Å². The van der Waals surface area contributed by atoms with Crippen LogP contribution < -0.4 is 5.73 Å². The topological polar surface area (TPSA) is 64.9 Å². The summed E-state index contributed by atoms with van der Waals surface area (Å²) in [6.45, 7) is 2.09. The summed E-state index contributed by atoms with van der Waals surface area (Å²) < 4.78 is 5.38. The van der Waals surface area contributed by atoms with Crippen LogP contribution in [0, 0.1) is 6.92 Å². The molecule has 4 heteroatoms. The molecular formula is C15H19N3O. The minimum Gasteiger partial charge on any atom is -0.339 e. The van der Waals surface area contributed by atoms with E-state index in [0.29, 0.717) is 12.3 Å². The third-order valence-corrected chi connectivity index (χ3v) is 3.82. The molecule has 2 unspecified atom stereocenters. The normalized spacial score (nSPS) is 22.8. The van der Waals surface area contributed by atoms with Gasteiger partial charge in [0.2, 0.25) is 5.89 Å². The highest BCUT2D eigenvalue weighted by Gasteiger charge is 2.30. The predicted octanol–water partition coefficient (Wildman–Crippen LogP) is 2.56. The number of aromatic nitrogens is 2. The van der Waals surface area contributed by atoms with Gasteiger partial charge >= 0.3 is 0 Å². The van der Waals surface area contributed by atoms with E-state index in [4.69, 9.17) is 10.3 Å². The molecule has 0 amide bonds. The first-order valence-corrected chi connectivity index (χ1v) is 6.86. The van der Waals surface area contributed by atoms with Gasteiger partial charge in [-0.25, -0.2) is 0 Å². The number of hydrogen-bond acceptors (Lipinski definition) is 4. The number of rotatable bonds is 3. The van der Waals surface area contributed by atoms with Crippen molar-refractivity contribution in [2.75, 3.05) is 0 Å². The van der Waals surface area contributed by atoms with Gasteiger partial charge < -0.3 is 10.3 Å². The van der Waals surface area contributed by atoms with Crippen molar-refractivity contribution >= 4 is 0 Å². The molecule has 100 valence electrons. The molecule has 1 fully saturated rings. The summed E-state index contributed by atoms with van der Waals surface area (Å²) >= 11 is 0. The summed E-state index contributed by atoms with van der Waals surface area (Å²) in [5.41, 5.74) is 8.53. The molecule has 2 atom stereocenters. The van der Waals surface area contributed by atoms with Gasteiger partial charge in [0, 0.05) is 12.5 Å². The summed E-state index contributed by atoms with van der Waals surface area (Å²) in [7, 11) is 0. The van der Waals surface area contributed by atoms with Crippen LogP contribution in [0.2, 0.25) is 0 Å². The van der Waals surface area contributed by atoms with Crippen LogP contribution in [0.5, 0.6) is 0 Å². The second-order valence-corrected chi connectivity index (χ2v) is 5.42. The zero-order valence-corrected chi connectivity index (χ0v) is 11.2. The quantitative estimate of drug-likeness (QED) is 0.917. The van der Waals surface area contributed by atoms with Crippen molar-refractivity contribution in [1.82, 2.24) is 10.1 Å². The molecule has 1 aliphatic carbocycles. The van der Waals surface area contributed by atoms with Gasteiger partial charge in [0.15, 0.2) is 5.82 Å². The van der Waals surface area contributed by atoms with Crippen molar-refractivity contribution in [2.24, 2.45) is 5.73 Å². The maximum Gasteiger partial charge on any atom is 0.231 e.